The molecule has 28 nitrogen and oxygen atoms in total. The summed E-state index contributed by atoms with van der Waals surface area (Å²) in [5.41, 5.74) is 19.7. The van der Waals surface area contributed by atoms with Crippen LogP contribution in [0.3, 0.4) is 0 Å². The zero-order valence-electron chi connectivity index (χ0n) is 80.8. The van der Waals surface area contributed by atoms with Crippen LogP contribution in [-0.4, -0.2) is 246 Å². The fraction of sp³-hybridized carbons (Fsp3) is 0.423. The normalized spacial score (nSPS) is 18.4. The van der Waals surface area contributed by atoms with Gasteiger partial charge in [0, 0.05) is 141 Å². The topological polar surface area (TPSA) is 264 Å². The molecule has 24 rings (SSSR count). The lowest BCUT2D eigenvalue weighted by Crippen LogP contribution is -2.65. The van der Waals surface area contributed by atoms with Crippen molar-refractivity contribution in [3.63, 3.8) is 0 Å². The van der Waals surface area contributed by atoms with Crippen LogP contribution in [-0.2, 0) is 44.6 Å². The van der Waals surface area contributed by atoms with E-state index in [1.165, 1.54) is 76.5 Å². The molecule has 0 amide bonds. The number of aromatic nitrogens is 8. The van der Waals surface area contributed by atoms with E-state index in [0.717, 1.165) is 266 Å². The minimum absolute atomic E-state index is 0.424. The standard InChI is InChI=1S/2C28H31N3O4.C28H30N2O4.C27H30N4O4/c1-19-10-20-12-21(15-30-23(20)11-19)35-25-4-6-29-24-14-27(26(32-2)13-22(24)25)34-9-3-7-31-8-5-28(16-31)17-33-18-28;1-19-10-20-4-5-22(12-21(20)11-19)35-27-23-13-25(32-2)26(14-24(23)29-18-30-27)34-9-3-7-31-8-6-28(15-31)16-33-17-28;1-19-10-20-4-5-22(12-21(20)11-19)34-25-6-7-29-24-14-27(26(31-2)13-23(24)25)33-9-3-8-30-15-28(16-30)17-32-18-28;1-18-8-19-10-20(13-28-22(19)9-18)35-26-21-11-24(32-2)25(12-23(21)29-17-30-26)34-7-3-5-31-6-4-27(14-31)15-33-16-27/h4,6,10,12-15H,3,5,7-9,11,16-18H2,1-2H3;4-5,11-14,18H,3,6-10,15-17H2,1-2H3;4-7,11-14H,3,8-10,15-18H2,1-2H3;8,10-13,17H,3-7,9,14-16H2,1-2H3. The number of hydrogen-bond acceptors (Lipinski definition) is 28. The van der Waals surface area contributed by atoms with Crippen LogP contribution in [0.1, 0.15) is 117 Å². The van der Waals surface area contributed by atoms with E-state index in [2.05, 4.69) is 136 Å². The molecule has 4 spiro atoms. The first-order valence-corrected chi connectivity index (χ1v) is 48.9. The van der Waals surface area contributed by atoms with Gasteiger partial charge in [0.2, 0.25) is 11.8 Å². The van der Waals surface area contributed by atoms with Crippen LogP contribution < -0.4 is 56.8 Å². The van der Waals surface area contributed by atoms with Crippen molar-refractivity contribution in [3.8, 4) is 92.3 Å². The third-order valence-corrected chi connectivity index (χ3v) is 28.7. The van der Waals surface area contributed by atoms with Crippen molar-refractivity contribution in [3.05, 3.63) is 214 Å². The average molecular weight is 1880 g/mol. The number of pyridine rings is 4. The van der Waals surface area contributed by atoms with Crippen molar-refractivity contribution in [1.29, 1.82) is 0 Å². The maximum atomic E-state index is 6.29. The van der Waals surface area contributed by atoms with Gasteiger partial charge in [-0.2, -0.15) is 0 Å². The molecule has 722 valence electrons. The molecule has 6 aromatic heterocycles. The van der Waals surface area contributed by atoms with Crippen LogP contribution in [0.15, 0.2) is 169 Å². The van der Waals surface area contributed by atoms with Crippen molar-refractivity contribution in [2.45, 2.75) is 98.3 Å². The van der Waals surface area contributed by atoms with E-state index in [1.807, 2.05) is 84.9 Å². The van der Waals surface area contributed by atoms with Gasteiger partial charge in [-0.1, -0.05) is 58.7 Å². The molecule has 12 aromatic rings. The molecule has 4 aliphatic carbocycles. The summed E-state index contributed by atoms with van der Waals surface area (Å²) in [6, 6.07) is 35.6. The summed E-state index contributed by atoms with van der Waals surface area (Å²) in [6.45, 7) is 31.8. The van der Waals surface area contributed by atoms with Crippen LogP contribution in [0.25, 0.3) is 67.9 Å². The van der Waals surface area contributed by atoms with Gasteiger partial charge in [-0.25, -0.2) is 19.9 Å². The summed E-state index contributed by atoms with van der Waals surface area (Å²) < 4.78 is 93.5. The van der Waals surface area contributed by atoms with Crippen LogP contribution in [0.2, 0.25) is 0 Å². The van der Waals surface area contributed by atoms with Crippen molar-refractivity contribution < 1.29 is 75.8 Å². The molecule has 0 radical (unpaired) electrons. The summed E-state index contributed by atoms with van der Waals surface area (Å²) in [4.78, 5) is 45.9. The highest BCUT2D eigenvalue weighted by Gasteiger charge is 2.49. The molecule has 8 saturated heterocycles. The van der Waals surface area contributed by atoms with E-state index in [-0.39, 0.29) is 0 Å². The fourth-order valence-corrected chi connectivity index (χ4v) is 21.2. The summed E-state index contributed by atoms with van der Waals surface area (Å²) in [5, 5.41) is 3.31. The van der Waals surface area contributed by atoms with Gasteiger partial charge in [-0.3, -0.25) is 19.9 Å². The quantitative estimate of drug-likeness (QED) is 0.0355. The maximum absolute atomic E-state index is 6.29. The fourth-order valence-electron chi connectivity index (χ4n) is 21.2. The molecule has 28 heteroatoms. The smallest absolute Gasteiger partial charge is 0.230 e. The first-order valence-electron chi connectivity index (χ1n) is 48.9. The largest absolute Gasteiger partial charge is 0.493 e. The minimum atomic E-state index is 0.424. The lowest BCUT2D eigenvalue weighted by atomic mass is 9.78. The molecule has 8 aliphatic heterocycles. The van der Waals surface area contributed by atoms with Crippen molar-refractivity contribution in [2.24, 2.45) is 21.7 Å². The molecular weight excluding hydrogens is 1760 g/mol. The van der Waals surface area contributed by atoms with Gasteiger partial charge >= 0.3 is 0 Å². The monoisotopic (exact) mass is 1880 g/mol. The Kier molecular flexibility index (Phi) is 27.1. The Labute approximate surface area is 810 Å². The van der Waals surface area contributed by atoms with Gasteiger partial charge in [-0.05, 0) is 211 Å². The Morgan fingerprint density at radius 2 is 0.633 bits per heavy atom. The highest BCUT2D eigenvalue weighted by molar-refractivity contribution is 5.91. The lowest BCUT2D eigenvalue weighted by Gasteiger charge is -2.55. The Bertz CT molecular complexity index is 6230. The van der Waals surface area contributed by atoms with E-state index in [0.29, 0.717) is 123 Å². The molecule has 0 atom stereocenters. The Morgan fingerprint density at radius 1 is 0.302 bits per heavy atom. The first-order chi connectivity index (χ1) is 67.9. The highest BCUT2D eigenvalue weighted by atomic mass is 16.5. The Morgan fingerprint density at radius 3 is 1.01 bits per heavy atom. The van der Waals surface area contributed by atoms with Gasteiger partial charge in [0.25, 0.3) is 0 Å². The second-order valence-electron chi connectivity index (χ2n) is 39.8. The summed E-state index contributed by atoms with van der Waals surface area (Å²) >= 11 is 0. The lowest BCUT2D eigenvalue weighted by molar-refractivity contribution is -0.189. The zero-order valence-corrected chi connectivity index (χ0v) is 80.8. The average Bonchev–Trinajstić information content (AvgIpc) is 1.39. The minimum Gasteiger partial charge on any atom is -0.493 e. The highest BCUT2D eigenvalue weighted by Crippen LogP contribution is 2.47. The zero-order chi connectivity index (χ0) is 94.6. The SMILES string of the molecule is COc1cc2c(Oc3ccc4c(c3)C=C(C)C4)ccnc2cc1OCCCN1CC2(COC2)C1.COc1cc2c(Oc3ccc4c(c3)C=C(C)C4)ncnc2cc1OCCCN1CCC2(COC2)C1.COc1cc2c(Oc3cnc4c(c3)C=C(C)C4)ccnc2cc1OCCCN1CCC2(COC2)C1.COc1cc2c(Oc3cnc4c(c3)C=C(C)C4)ncnc2cc1OCCCN1CCC2(COC2)C1. The number of methoxy groups -OCH3 is 4. The summed E-state index contributed by atoms with van der Waals surface area (Å²) in [7, 11) is 6.62. The van der Waals surface area contributed by atoms with E-state index < -0.39 is 0 Å². The number of ether oxygens (including phenoxy) is 16. The number of allylic oxidation sites excluding steroid dienone is 4. The summed E-state index contributed by atoms with van der Waals surface area (Å²) in [5.74, 6) is 10.8. The number of fused-ring (bicyclic) bond motifs is 8. The molecule has 139 heavy (non-hydrogen) atoms. The predicted octanol–water partition coefficient (Wildman–Crippen LogP) is 19.1. The van der Waals surface area contributed by atoms with E-state index in [1.54, 1.807) is 53.2 Å². The van der Waals surface area contributed by atoms with Crippen LogP contribution in [0.5, 0.6) is 92.3 Å². The van der Waals surface area contributed by atoms with Gasteiger partial charge in [0.1, 0.15) is 47.2 Å². The maximum Gasteiger partial charge on any atom is 0.230 e. The van der Waals surface area contributed by atoms with Crippen molar-refractivity contribution in [2.75, 3.05) is 186 Å². The number of nitrogens with zero attached hydrogens (tertiary/aromatic N) is 12. The van der Waals surface area contributed by atoms with Crippen molar-refractivity contribution in [1.82, 2.24) is 59.5 Å². The molecule has 0 unspecified atom stereocenters. The number of benzene rings is 6. The van der Waals surface area contributed by atoms with Crippen LogP contribution >= 0.6 is 0 Å². The predicted molar refractivity (Wildman–Crippen MR) is 533 cm³/mol. The molecule has 0 N–H and O–H groups in total. The van der Waals surface area contributed by atoms with Gasteiger partial charge in [-0.15, -0.1) is 0 Å². The number of likely N-dealkylation sites (tertiary alicyclic amines) is 4. The second kappa shape index (κ2) is 40.7. The molecule has 14 heterocycles. The molecule has 0 bridgehead atoms. The molecule has 0 saturated carbocycles. The molecular formula is C111H122N12O16. The van der Waals surface area contributed by atoms with Crippen LogP contribution in [0.4, 0.5) is 0 Å². The Hall–Kier alpha value is -12.6. The van der Waals surface area contributed by atoms with Gasteiger partial charge < -0.3 is 95.4 Å². The van der Waals surface area contributed by atoms with Crippen LogP contribution in [0, 0.1) is 21.7 Å². The third kappa shape index (κ3) is 20.9. The molecule has 12 aliphatic rings. The van der Waals surface area contributed by atoms with E-state index in [4.69, 9.17) is 75.8 Å². The Balaban J connectivity index is 0.000000110. The summed E-state index contributed by atoms with van der Waals surface area (Å²) in [6.07, 6.45) is 30.2. The number of rotatable bonds is 32. The van der Waals surface area contributed by atoms with E-state index >= 15 is 0 Å². The van der Waals surface area contributed by atoms with Gasteiger partial charge in [0.15, 0.2) is 46.0 Å². The first kappa shape index (κ1) is 92.7. The number of hydrogen-bond donors (Lipinski definition) is 0. The second-order valence-corrected chi connectivity index (χ2v) is 39.8. The van der Waals surface area contributed by atoms with E-state index in [9.17, 15) is 0 Å². The molecule has 6 aromatic carbocycles. The third-order valence-electron chi connectivity index (χ3n) is 28.7. The van der Waals surface area contributed by atoms with Crippen molar-refractivity contribution >= 4 is 67.9 Å². The molecule has 8 fully saturated rings. The van der Waals surface area contributed by atoms with Gasteiger partial charge in [0.05, 0.1) is 164 Å².